The van der Waals surface area contributed by atoms with Crippen molar-refractivity contribution in [1.29, 1.82) is 0 Å². The third kappa shape index (κ3) is 5.80. The van der Waals surface area contributed by atoms with E-state index in [1.54, 1.807) is 0 Å². The summed E-state index contributed by atoms with van der Waals surface area (Å²) in [7, 11) is 0. The average Bonchev–Trinajstić information content (AvgIpc) is 3.57. The zero-order valence-electron chi connectivity index (χ0n) is 32.6. The van der Waals surface area contributed by atoms with Crippen LogP contribution in [-0.4, -0.2) is 6.21 Å². The van der Waals surface area contributed by atoms with E-state index in [0.717, 1.165) is 36.1 Å². The molecule has 10 rings (SSSR count). The van der Waals surface area contributed by atoms with Gasteiger partial charge in [0.05, 0.1) is 11.1 Å². The number of rotatable bonds is 7. The molecule has 1 nitrogen and oxygen atoms in total. The third-order valence-corrected chi connectivity index (χ3v) is 12.6. The Bertz CT molecular complexity index is 2710. The molecule has 274 valence electrons. The first-order chi connectivity index (χ1) is 28.0. The predicted molar refractivity (Wildman–Crippen MR) is 240 cm³/mol. The summed E-state index contributed by atoms with van der Waals surface area (Å²) in [6.07, 6.45) is 12.0. The van der Waals surface area contributed by atoms with Crippen LogP contribution in [0.4, 0.5) is 0 Å². The van der Waals surface area contributed by atoms with Crippen molar-refractivity contribution in [2.75, 3.05) is 0 Å². The van der Waals surface area contributed by atoms with Gasteiger partial charge in [0.25, 0.3) is 0 Å². The Labute approximate surface area is 337 Å². The molecule has 0 heterocycles. The number of allylic oxidation sites excluding steroid dienone is 5. The van der Waals surface area contributed by atoms with Gasteiger partial charge < -0.3 is 0 Å². The third-order valence-electron chi connectivity index (χ3n) is 12.6. The smallest absolute Gasteiger partial charge is 0.0719 e. The Kier molecular flexibility index (Phi) is 8.68. The molecule has 7 aromatic carbocycles. The lowest BCUT2D eigenvalue weighted by Gasteiger charge is -2.46. The highest BCUT2D eigenvalue weighted by Crippen LogP contribution is 2.62. The monoisotopic (exact) mass is 731 g/mol. The van der Waals surface area contributed by atoms with Crippen LogP contribution in [0.2, 0.25) is 0 Å². The van der Waals surface area contributed by atoms with Crippen LogP contribution in [0.5, 0.6) is 0 Å². The van der Waals surface area contributed by atoms with Crippen molar-refractivity contribution in [3.63, 3.8) is 0 Å². The van der Waals surface area contributed by atoms with E-state index in [0.29, 0.717) is 0 Å². The van der Waals surface area contributed by atoms with Gasteiger partial charge >= 0.3 is 0 Å². The van der Waals surface area contributed by atoms with E-state index in [4.69, 9.17) is 4.99 Å². The fourth-order valence-electron chi connectivity index (χ4n) is 9.88. The summed E-state index contributed by atoms with van der Waals surface area (Å²) in [5.74, 6) is 0. The number of nitrogens with zero attached hydrogens (tertiary/aromatic N) is 1. The maximum absolute atomic E-state index is 5.35. The highest BCUT2D eigenvalue weighted by molar-refractivity contribution is 6.01. The van der Waals surface area contributed by atoms with E-state index in [1.165, 1.54) is 72.3 Å². The molecule has 0 N–H and O–H groups in total. The summed E-state index contributed by atoms with van der Waals surface area (Å²) in [6.45, 7) is 4.78. The predicted octanol–water partition coefficient (Wildman–Crippen LogP) is 13.7. The van der Waals surface area contributed by atoms with Gasteiger partial charge in [-0.3, -0.25) is 4.99 Å². The summed E-state index contributed by atoms with van der Waals surface area (Å²) in [4.78, 5) is 5.35. The van der Waals surface area contributed by atoms with Gasteiger partial charge in [0.15, 0.2) is 0 Å². The normalized spacial score (nSPS) is 16.0. The summed E-state index contributed by atoms with van der Waals surface area (Å²) < 4.78 is 0. The van der Waals surface area contributed by atoms with Gasteiger partial charge in [0.1, 0.15) is 0 Å². The molecule has 0 aliphatic heterocycles. The van der Waals surface area contributed by atoms with Crippen molar-refractivity contribution in [2.45, 2.75) is 43.9 Å². The van der Waals surface area contributed by atoms with Crippen LogP contribution in [0.3, 0.4) is 0 Å². The van der Waals surface area contributed by atoms with Crippen LogP contribution in [0, 0.1) is 0 Å². The Morgan fingerprint density at radius 2 is 1.19 bits per heavy atom. The molecule has 0 unspecified atom stereocenters. The lowest BCUT2D eigenvalue weighted by atomic mass is 9.55. The van der Waals surface area contributed by atoms with Crippen LogP contribution in [0.1, 0.15) is 87.9 Å². The Balaban J connectivity index is 1.20. The second-order valence-electron chi connectivity index (χ2n) is 16.1. The second kappa shape index (κ2) is 14.2. The number of hydrogen-bond donors (Lipinski definition) is 0. The Hall–Kier alpha value is -6.57. The van der Waals surface area contributed by atoms with E-state index >= 15 is 0 Å². The standard InChI is InChI=1S/C56H45N/c1-55(2)48-27-12-14-29-50(48)56(51-30-15-13-28-49(51)55)47-34-33-44(43-25-16-24-42(36-43)40-20-8-4-9-21-40)37-46(47)54-45(26-17-31-52(54)56)38-57-53(41-22-10-5-11-23-41)35-32-39-18-6-3-7-19-39/h3-15,17-24,26-31,33-38H,16,25,32H2,1-2H3/b53-35-,57-38?. The lowest BCUT2D eigenvalue weighted by molar-refractivity contribution is 0.563. The summed E-state index contributed by atoms with van der Waals surface area (Å²) in [6, 6.07) is 64.7. The largest absolute Gasteiger partial charge is 0.256 e. The zero-order chi connectivity index (χ0) is 38.4. The van der Waals surface area contributed by atoms with Gasteiger partial charge in [-0.1, -0.05) is 202 Å². The molecule has 1 spiro atoms. The van der Waals surface area contributed by atoms with E-state index in [9.17, 15) is 0 Å². The van der Waals surface area contributed by atoms with Crippen molar-refractivity contribution in [3.05, 3.63) is 255 Å². The number of hydrogen-bond acceptors (Lipinski definition) is 1. The van der Waals surface area contributed by atoms with E-state index in [-0.39, 0.29) is 5.41 Å². The molecule has 0 aromatic heterocycles. The van der Waals surface area contributed by atoms with Crippen LogP contribution in [0.25, 0.3) is 28.0 Å². The first-order valence-electron chi connectivity index (χ1n) is 20.3. The first kappa shape index (κ1) is 34.9. The molecule has 0 fully saturated rings. The highest BCUT2D eigenvalue weighted by atomic mass is 14.7. The Morgan fingerprint density at radius 3 is 1.89 bits per heavy atom. The van der Waals surface area contributed by atoms with Gasteiger partial charge in [-0.25, -0.2) is 0 Å². The average molecular weight is 732 g/mol. The van der Waals surface area contributed by atoms with Gasteiger partial charge in [-0.15, -0.1) is 0 Å². The zero-order valence-corrected chi connectivity index (χ0v) is 32.6. The number of aliphatic imine (C=N–C) groups is 1. The molecule has 57 heavy (non-hydrogen) atoms. The molecule has 7 aromatic rings. The van der Waals surface area contributed by atoms with Crippen molar-refractivity contribution < 1.29 is 0 Å². The van der Waals surface area contributed by atoms with E-state index < -0.39 is 5.41 Å². The van der Waals surface area contributed by atoms with Crippen LogP contribution >= 0.6 is 0 Å². The minimum Gasteiger partial charge on any atom is -0.256 e. The molecule has 1 heteroatoms. The van der Waals surface area contributed by atoms with Crippen molar-refractivity contribution >= 4 is 23.1 Å². The highest BCUT2D eigenvalue weighted by Gasteiger charge is 2.53. The molecule has 0 atom stereocenters. The van der Waals surface area contributed by atoms with Crippen LogP contribution in [-0.2, 0) is 17.3 Å². The SMILES string of the molecule is CC1(C)c2ccccc2C2(c3ccc(C4=CC(c5ccccc5)=CCC4)cc3-c3c(C=N/C(=C\Cc4ccccc4)c4ccccc4)cccc32)c2ccccc21. The molecule has 0 saturated heterocycles. The Morgan fingerprint density at radius 1 is 0.579 bits per heavy atom. The van der Waals surface area contributed by atoms with E-state index in [1.807, 2.05) is 0 Å². The van der Waals surface area contributed by atoms with Gasteiger partial charge in [0, 0.05) is 17.2 Å². The topological polar surface area (TPSA) is 12.4 Å². The maximum atomic E-state index is 5.35. The number of benzene rings is 7. The second-order valence-corrected chi connectivity index (χ2v) is 16.1. The summed E-state index contributed by atoms with van der Waals surface area (Å²) in [5, 5.41) is 0. The van der Waals surface area contributed by atoms with E-state index in [2.05, 4.69) is 214 Å². The molecule has 0 saturated carbocycles. The minimum atomic E-state index is -0.475. The molecule has 0 amide bonds. The van der Waals surface area contributed by atoms with Crippen molar-refractivity contribution in [3.8, 4) is 11.1 Å². The molecule has 0 radical (unpaired) electrons. The maximum Gasteiger partial charge on any atom is 0.0719 e. The lowest BCUT2D eigenvalue weighted by Crippen LogP contribution is -2.40. The van der Waals surface area contributed by atoms with Crippen LogP contribution in [0.15, 0.2) is 199 Å². The minimum absolute atomic E-state index is 0.151. The summed E-state index contributed by atoms with van der Waals surface area (Å²) in [5.41, 5.74) is 19.8. The first-order valence-corrected chi connectivity index (χ1v) is 20.3. The van der Waals surface area contributed by atoms with Crippen molar-refractivity contribution in [2.24, 2.45) is 4.99 Å². The molecule has 3 aliphatic rings. The molecular formula is C56H45N. The quantitative estimate of drug-likeness (QED) is 0.145. The van der Waals surface area contributed by atoms with Crippen molar-refractivity contribution in [1.82, 2.24) is 0 Å². The molecular weight excluding hydrogens is 687 g/mol. The fraction of sp³-hybridized carbons (Fsp3) is 0.125. The molecule has 3 aliphatic carbocycles. The van der Waals surface area contributed by atoms with Crippen LogP contribution < -0.4 is 0 Å². The fourth-order valence-corrected chi connectivity index (χ4v) is 9.88. The summed E-state index contributed by atoms with van der Waals surface area (Å²) >= 11 is 0. The molecule has 0 bridgehead atoms. The van der Waals surface area contributed by atoms with Gasteiger partial charge in [0.2, 0.25) is 0 Å². The van der Waals surface area contributed by atoms with Gasteiger partial charge in [-0.2, -0.15) is 0 Å². The number of fused-ring (bicyclic) bond motifs is 9. The van der Waals surface area contributed by atoms with Gasteiger partial charge in [-0.05, 0) is 103 Å².